The molecule has 0 bridgehead atoms. The molecule has 98 valence electrons. The second-order valence-corrected chi connectivity index (χ2v) is 5.57. The first kappa shape index (κ1) is 13.4. The van der Waals surface area contributed by atoms with Crippen LogP contribution in [0.4, 0.5) is 5.69 Å². The zero-order valence-corrected chi connectivity index (χ0v) is 11.7. The summed E-state index contributed by atoms with van der Waals surface area (Å²) >= 11 is 3.35. The zero-order chi connectivity index (χ0) is 13.1. The molecule has 0 spiro atoms. The number of nitrogens with zero attached hydrogens (tertiary/aromatic N) is 1. The van der Waals surface area contributed by atoms with Gasteiger partial charge in [-0.25, -0.2) is 0 Å². The molecule has 1 fully saturated rings. The molecule has 1 amide bonds. The van der Waals surface area contributed by atoms with Crippen LogP contribution in [0.3, 0.4) is 0 Å². The highest BCUT2D eigenvalue weighted by Crippen LogP contribution is 2.23. The van der Waals surface area contributed by atoms with Gasteiger partial charge in [-0.15, -0.1) is 0 Å². The van der Waals surface area contributed by atoms with Gasteiger partial charge >= 0.3 is 0 Å². The number of nitrogen functional groups attached to an aromatic ring is 1. The first-order valence-corrected chi connectivity index (χ1v) is 6.86. The number of likely N-dealkylation sites (tertiary alicyclic amines) is 1. The van der Waals surface area contributed by atoms with Crippen LogP contribution in [0.5, 0.6) is 0 Å². The van der Waals surface area contributed by atoms with Crippen LogP contribution in [0.2, 0.25) is 0 Å². The summed E-state index contributed by atoms with van der Waals surface area (Å²) in [5.74, 6) is 0.305. The molecular formula is C13H17BrN2O2. The zero-order valence-electron chi connectivity index (χ0n) is 10.1. The number of anilines is 1. The highest BCUT2D eigenvalue weighted by Gasteiger charge is 2.24. The Morgan fingerprint density at radius 3 is 2.72 bits per heavy atom. The van der Waals surface area contributed by atoms with Gasteiger partial charge in [0.15, 0.2) is 0 Å². The van der Waals surface area contributed by atoms with Crippen LogP contribution >= 0.6 is 15.9 Å². The molecule has 0 atom stereocenters. The fraction of sp³-hybridized carbons (Fsp3) is 0.462. The average Bonchev–Trinajstić information content (AvgIpc) is 2.41. The molecular weight excluding hydrogens is 296 g/mol. The van der Waals surface area contributed by atoms with E-state index in [-0.39, 0.29) is 12.5 Å². The van der Waals surface area contributed by atoms with Gasteiger partial charge in [-0.2, -0.15) is 0 Å². The predicted molar refractivity (Wildman–Crippen MR) is 74.3 cm³/mol. The van der Waals surface area contributed by atoms with Crippen molar-refractivity contribution >= 4 is 27.5 Å². The molecule has 0 aliphatic carbocycles. The van der Waals surface area contributed by atoms with Crippen LogP contribution in [0.25, 0.3) is 0 Å². The van der Waals surface area contributed by atoms with Crippen molar-refractivity contribution in [2.24, 2.45) is 5.92 Å². The number of hydrogen-bond acceptors (Lipinski definition) is 3. The lowest BCUT2D eigenvalue weighted by atomic mass is 9.97. The number of halogens is 1. The van der Waals surface area contributed by atoms with Crippen molar-refractivity contribution in [3.05, 3.63) is 28.2 Å². The first-order valence-electron chi connectivity index (χ1n) is 6.07. The van der Waals surface area contributed by atoms with Crippen LogP contribution in [-0.4, -0.2) is 35.6 Å². The van der Waals surface area contributed by atoms with Crippen LogP contribution < -0.4 is 5.73 Å². The summed E-state index contributed by atoms with van der Waals surface area (Å²) in [4.78, 5) is 14.1. The molecule has 2 rings (SSSR count). The minimum absolute atomic E-state index is 0.0230. The Bertz CT molecular complexity index is 443. The second-order valence-electron chi connectivity index (χ2n) is 4.65. The van der Waals surface area contributed by atoms with Crippen molar-refractivity contribution in [3.8, 4) is 0 Å². The number of nitrogens with two attached hydrogens (primary N) is 1. The number of rotatable bonds is 2. The van der Waals surface area contributed by atoms with Crippen LogP contribution in [-0.2, 0) is 0 Å². The molecule has 0 unspecified atom stereocenters. The van der Waals surface area contributed by atoms with Gasteiger partial charge in [-0.05, 0) is 37.0 Å². The highest BCUT2D eigenvalue weighted by molar-refractivity contribution is 9.10. The summed E-state index contributed by atoms with van der Waals surface area (Å²) in [6.45, 7) is 1.59. The lowest BCUT2D eigenvalue weighted by molar-refractivity contribution is 0.0652. The van der Waals surface area contributed by atoms with Crippen molar-refractivity contribution in [2.45, 2.75) is 12.8 Å². The summed E-state index contributed by atoms with van der Waals surface area (Å²) in [6.07, 6.45) is 1.71. The molecule has 4 nitrogen and oxygen atoms in total. The van der Waals surface area contributed by atoms with Crippen LogP contribution in [0.1, 0.15) is 23.2 Å². The third-order valence-corrected chi connectivity index (χ3v) is 3.90. The first-order chi connectivity index (χ1) is 8.61. The second kappa shape index (κ2) is 5.71. The maximum atomic E-state index is 12.3. The van der Waals surface area contributed by atoms with Gasteiger partial charge in [-0.1, -0.05) is 15.9 Å². The van der Waals surface area contributed by atoms with Gasteiger partial charge in [0.05, 0.1) is 5.56 Å². The van der Waals surface area contributed by atoms with Gasteiger partial charge < -0.3 is 15.7 Å². The Morgan fingerprint density at radius 2 is 2.11 bits per heavy atom. The van der Waals surface area contributed by atoms with Crippen molar-refractivity contribution in [1.29, 1.82) is 0 Å². The van der Waals surface area contributed by atoms with E-state index >= 15 is 0 Å². The van der Waals surface area contributed by atoms with E-state index in [9.17, 15) is 4.79 Å². The lowest BCUT2D eigenvalue weighted by Gasteiger charge is -2.31. The summed E-state index contributed by atoms with van der Waals surface area (Å²) in [5, 5.41) is 9.08. The average molecular weight is 313 g/mol. The van der Waals surface area contributed by atoms with Crippen LogP contribution in [0, 0.1) is 5.92 Å². The molecule has 18 heavy (non-hydrogen) atoms. The van der Waals surface area contributed by atoms with Crippen molar-refractivity contribution in [1.82, 2.24) is 4.90 Å². The summed E-state index contributed by atoms with van der Waals surface area (Å²) in [5.41, 5.74) is 6.90. The number of piperidine rings is 1. The largest absolute Gasteiger partial charge is 0.398 e. The smallest absolute Gasteiger partial charge is 0.255 e. The van der Waals surface area contributed by atoms with Crippen molar-refractivity contribution in [2.75, 3.05) is 25.4 Å². The number of hydrogen-bond donors (Lipinski definition) is 2. The Balaban J connectivity index is 2.10. The Hall–Kier alpha value is -1.07. The van der Waals surface area contributed by atoms with E-state index in [1.807, 2.05) is 11.0 Å². The molecule has 1 aromatic rings. The van der Waals surface area contributed by atoms with Gasteiger partial charge in [0.2, 0.25) is 0 Å². The molecule has 3 N–H and O–H groups in total. The molecule has 1 aliphatic heterocycles. The third-order valence-electron chi connectivity index (χ3n) is 3.41. The molecule has 0 radical (unpaired) electrons. The summed E-state index contributed by atoms with van der Waals surface area (Å²) < 4.78 is 0.852. The van der Waals surface area contributed by atoms with E-state index in [2.05, 4.69) is 15.9 Å². The van der Waals surface area contributed by atoms with Gasteiger partial charge in [-0.3, -0.25) is 4.79 Å². The van der Waals surface area contributed by atoms with E-state index < -0.39 is 0 Å². The number of aliphatic hydroxyl groups is 1. The van der Waals surface area contributed by atoms with E-state index in [1.165, 1.54) is 0 Å². The van der Waals surface area contributed by atoms with Gasteiger partial charge in [0.25, 0.3) is 5.91 Å². The molecule has 5 heteroatoms. The molecule has 1 aromatic carbocycles. The summed E-state index contributed by atoms with van der Waals surface area (Å²) in [7, 11) is 0. The molecule has 1 heterocycles. The summed E-state index contributed by atoms with van der Waals surface area (Å²) in [6, 6.07) is 5.32. The van der Waals surface area contributed by atoms with Crippen molar-refractivity contribution in [3.63, 3.8) is 0 Å². The topological polar surface area (TPSA) is 66.6 Å². The monoisotopic (exact) mass is 312 g/mol. The van der Waals surface area contributed by atoms with Crippen LogP contribution in [0.15, 0.2) is 22.7 Å². The lowest BCUT2D eigenvalue weighted by Crippen LogP contribution is -2.39. The number of amides is 1. The maximum Gasteiger partial charge on any atom is 0.255 e. The van der Waals surface area contributed by atoms with E-state index in [0.717, 1.165) is 17.3 Å². The quantitative estimate of drug-likeness (QED) is 0.819. The highest BCUT2D eigenvalue weighted by atomic mass is 79.9. The fourth-order valence-electron chi connectivity index (χ4n) is 2.20. The van der Waals surface area contributed by atoms with E-state index in [1.54, 1.807) is 12.1 Å². The third kappa shape index (κ3) is 2.84. The SMILES string of the molecule is Nc1ccc(Br)cc1C(=O)N1CCC(CO)CC1. The predicted octanol–water partition coefficient (Wildman–Crippen LogP) is 1.88. The Labute approximate surface area is 115 Å². The normalized spacial score (nSPS) is 16.9. The standard InChI is InChI=1S/C13H17BrN2O2/c14-10-1-2-12(15)11(7-10)13(18)16-5-3-9(8-17)4-6-16/h1-2,7,9,17H,3-6,8,15H2. The molecule has 0 saturated carbocycles. The minimum atomic E-state index is -0.0230. The minimum Gasteiger partial charge on any atom is -0.398 e. The van der Waals surface area contributed by atoms with E-state index in [4.69, 9.17) is 10.8 Å². The number of carbonyl (C=O) groups excluding carboxylic acids is 1. The number of aliphatic hydroxyl groups excluding tert-OH is 1. The Morgan fingerprint density at radius 1 is 1.44 bits per heavy atom. The molecule has 0 aromatic heterocycles. The van der Waals surface area contributed by atoms with Crippen molar-refractivity contribution < 1.29 is 9.90 Å². The Kier molecular flexibility index (Phi) is 4.24. The van der Waals surface area contributed by atoms with E-state index in [0.29, 0.717) is 30.3 Å². The fourth-order valence-corrected chi connectivity index (χ4v) is 2.56. The number of carbonyl (C=O) groups is 1. The van der Waals surface area contributed by atoms with Gasteiger partial charge in [0.1, 0.15) is 0 Å². The molecule has 1 aliphatic rings. The number of benzene rings is 1. The molecule has 1 saturated heterocycles. The van der Waals surface area contributed by atoms with Gasteiger partial charge in [0, 0.05) is 29.9 Å². The maximum absolute atomic E-state index is 12.3.